The number of hydrogen-bond acceptors (Lipinski definition) is 5. The number of nitrogens with two attached hydrogens (primary N) is 1. The molecule has 0 aliphatic carbocycles. The third kappa shape index (κ3) is 3.14. The molecular weight excluding hydrogens is 184 g/mol. The normalized spacial score (nSPS) is 12.4. The SMILES string of the molecule is CC[C@H](N)C(=O)NCCc1ncno1. The van der Waals surface area contributed by atoms with Crippen molar-refractivity contribution in [1.29, 1.82) is 0 Å². The summed E-state index contributed by atoms with van der Waals surface area (Å²) >= 11 is 0. The predicted molar refractivity (Wildman–Crippen MR) is 49.3 cm³/mol. The van der Waals surface area contributed by atoms with Crippen LogP contribution in [0.4, 0.5) is 0 Å². The van der Waals surface area contributed by atoms with Gasteiger partial charge in [0.05, 0.1) is 6.04 Å². The van der Waals surface area contributed by atoms with Crippen LogP contribution in [-0.4, -0.2) is 28.6 Å². The first-order valence-electron chi connectivity index (χ1n) is 4.53. The minimum absolute atomic E-state index is 0.146. The fourth-order valence-corrected chi connectivity index (χ4v) is 0.915. The minimum Gasteiger partial charge on any atom is -0.354 e. The summed E-state index contributed by atoms with van der Waals surface area (Å²) < 4.78 is 4.76. The Kier molecular flexibility index (Phi) is 4.06. The van der Waals surface area contributed by atoms with Crippen molar-refractivity contribution in [2.75, 3.05) is 6.54 Å². The lowest BCUT2D eigenvalue weighted by Gasteiger charge is -2.08. The van der Waals surface area contributed by atoms with Gasteiger partial charge in [-0.25, -0.2) is 0 Å². The van der Waals surface area contributed by atoms with Gasteiger partial charge in [0.25, 0.3) is 0 Å². The molecule has 1 rings (SSSR count). The van der Waals surface area contributed by atoms with Crippen LogP contribution in [0.1, 0.15) is 19.2 Å². The number of carbonyl (C=O) groups is 1. The average molecular weight is 198 g/mol. The first-order chi connectivity index (χ1) is 6.74. The lowest BCUT2D eigenvalue weighted by atomic mass is 10.2. The number of nitrogens with zero attached hydrogens (tertiary/aromatic N) is 2. The summed E-state index contributed by atoms with van der Waals surface area (Å²) in [6.45, 7) is 2.33. The van der Waals surface area contributed by atoms with E-state index in [9.17, 15) is 4.79 Å². The summed E-state index contributed by atoms with van der Waals surface area (Å²) in [5, 5.41) is 6.13. The summed E-state index contributed by atoms with van der Waals surface area (Å²) in [5.41, 5.74) is 5.51. The molecule has 0 saturated heterocycles. The van der Waals surface area contributed by atoms with Gasteiger partial charge in [-0.2, -0.15) is 4.98 Å². The molecular formula is C8H14N4O2. The van der Waals surface area contributed by atoms with Crippen LogP contribution in [0.5, 0.6) is 0 Å². The van der Waals surface area contributed by atoms with E-state index < -0.39 is 6.04 Å². The Morgan fingerprint density at radius 2 is 2.57 bits per heavy atom. The molecule has 0 aromatic carbocycles. The molecule has 0 bridgehead atoms. The Balaban J connectivity index is 2.18. The van der Waals surface area contributed by atoms with Crippen LogP contribution < -0.4 is 11.1 Å². The highest BCUT2D eigenvalue weighted by Gasteiger charge is 2.09. The van der Waals surface area contributed by atoms with E-state index in [1.807, 2.05) is 6.92 Å². The zero-order valence-corrected chi connectivity index (χ0v) is 8.06. The van der Waals surface area contributed by atoms with Gasteiger partial charge in [-0.15, -0.1) is 0 Å². The number of hydrogen-bond donors (Lipinski definition) is 2. The van der Waals surface area contributed by atoms with Crippen LogP contribution in [0.15, 0.2) is 10.9 Å². The van der Waals surface area contributed by atoms with Gasteiger partial charge in [0.15, 0.2) is 6.33 Å². The Morgan fingerprint density at radius 1 is 1.79 bits per heavy atom. The molecule has 0 aliphatic heterocycles. The molecule has 1 amide bonds. The quantitative estimate of drug-likeness (QED) is 0.663. The van der Waals surface area contributed by atoms with Gasteiger partial charge in [0.2, 0.25) is 11.8 Å². The van der Waals surface area contributed by atoms with Crippen molar-refractivity contribution in [2.45, 2.75) is 25.8 Å². The van der Waals surface area contributed by atoms with Crippen molar-refractivity contribution in [1.82, 2.24) is 15.5 Å². The van der Waals surface area contributed by atoms with Crippen LogP contribution >= 0.6 is 0 Å². The Hall–Kier alpha value is -1.43. The summed E-state index contributed by atoms with van der Waals surface area (Å²) in [4.78, 5) is 15.0. The second kappa shape index (κ2) is 5.33. The monoisotopic (exact) mass is 198 g/mol. The largest absolute Gasteiger partial charge is 0.354 e. The first-order valence-corrected chi connectivity index (χ1v) is 4.53. The fourth-order valence-electron chi connectivity index (χ4n) is 0.915. The van der Waals surface area contributed by atoms with Crippen LogP contribution in [0.3, 0.4) is 0 Å². The number of aromatic nitrogens is 2. The lowest BCUT2D eigenvalue weighted by Crippen LogP contribution is -2.40. The Morgan fingerprint density at radius 3 is 3.14 bits per heavy atom. The highest BCUT2D eigenvalue weighted by Crippen LogP contribution is 1.91. The molecule has 78 valence electrons. The molecule has 0 radical (unpaired) electrons. The third-order valence-electron chi connectivity index (χ3n) is 1.82. The van der Waals surface area contributed by atoms with E-state index in [0.29, 0.717) is 25.3 Å². The second-order valence-electron chi connectivity index (χ2n) is 2.89. The van der Waals surface area contributed by atoms with Gasteiger partial charge in [-0.3, -0.25) is 4.79 Å². The molecule has 3 N–H and O–H groups in total. The highest BCUT2D eigenvalue weighted by molar-refractivity contribution is 5.81. The van der Waals surface area contributed by atoms with Gasteiger partial charge in [-0.1, -0.05) is 12.1 Å². The van der Waals surface area contributed by atoms with Crippen molar-refractivity contribution in [3.8, 4) is 0 Å². The number of carbonyl (C=O) groups excluding carboxylic acids is 1. The molecule has 1 aromatic rings. The van der Waals surface area contributed by atoms with Gasteiger partial charge in [0, 0.05) is 13.0 Å². The van der Waals surface area contributed by atoms with Crippen molar-refractivity contribution >= 4 is 5.91 Å². The van der Waals surface area contributed by atoms with Crippen LogP contribution in [-0.2, 0) is 11.2 Å². The Labute approximate surface area is 81.9 Å². The van der Waals surface area contributed by atoms with E-state index in [1.165, 1.54) is 6.33 Å². The van der Waals surface area contributed by atoms with E-state index in [2.05, 4.69) is 15.5 Å². The number of amides is 1. The molecule has 6 heteroatoms. The molecule has 0 fully saturated rings. The topological polar surface area (TPSA) is 94.0 Å². The summed E-state index contributed by atoms with van der Waals surface area (Å²) in [6.07, 6.45) is 2.49. The molecule has 0 saturated carbocycles. The molecule has 1 atom stereocenters. The van der Waals surface area contributed by atoms with Crippen molar-refractivity contribution in [2.24, 2.45) is 5.73 Å². The third-order valence-corrected chi connectivity index (χ3v) is 1.82. The summed E-state index contributed by atoms with van der Waals surface area (Å²) in [5.74, 6) is 0.363. The lowest BCUT2D eigenvalue weighted by molar-refractivity contribution is -0.122. The maximum Gasteiger partial charge on any atom is 0.236 e. The maximum absolute atomic E-state index is 11.2. The smallest absolute Gasteiger partial charge is 0.236 e. The second-order valence-corrected chi connectivity index (χ2v) is 2.89. The summed E-state index contributed by atoms with van der Waals surface area (Å²) in [6, 6.07) is -0.433. The predicted octanol–water partition coefficient (Wildman–Crippen LogP) is -0.534. The van der Waals surface area contributed by atoms with E-state index in [4.69, 9.17) is 10.3 Å². The average Bonchev–Trinajstić information content (AvgIpc) is 2.69. The highest BCUT2D eigenvalue weighted by atomic mass is 16.5. The number of rotatable bonds is 5. The number of nitrogens with one attached hydrogen (secondary N) is 1. The van der Waals surface area contributed by atoms with Gasteiger partial charge >= 0.3 is 0 Å². The van der Waals surface area contributed by atoms with E-state index in [1.54, 1.807) is 0 Å². The van der Waals surface area contributed by atoms with Crippen molar-refractivity contribution in [3.05, 3.63) is 12.2 Å². The summed E-state index contributed by atoms with van der Waals surface area (Å²) in [7, 11) is 0. The van der Waals surface area contributed by atoms with Gasteiger partial charge in [0.1, 0.15) is 0 Å². The zero-order valence-electron chi connectivity index (χ0n) is 8.06. The van der Waals surface area contributed by atoms with Crippen LogP contribution in [0, 0.1) is 0 Å². The van der Waals surface area contributed by atoms with Gasteiger partial charge in [-0.05, 0) is 6.42 Å². The molecule has 1 aromatic heterocycles. The molecule has 0 aliphatic rings. The maximum atomic E-state index is 11.2. The van der Waals surface area contributed by atoms with E-state index in [-0.39, 0.29) is 5.91 Å². The van der Waals surface area contributed by atoms with E-state index >= 15 is 0 Å². The molecule has 14 heavy (non-hydrogen) atoms. The molecule has 0 spiro atoms. The fraction of sp³-hybridized carbons (Fsp3) is 0.625. The standard InChI is InChI=1S/C8H14N4O2/c1-2-6(9)8(13)10-4-3-7-11-5-12-14-7/h5-6H,2-4,9H2,1H3,(H,10,13)/t6-/m0/s1. The molecule has 6 nitrogen and oxygen atoms in total. The van der Waals surface area contributed by atoms with Crippen LogP contribution in [0.2, 0.25) is 0 Å². The van der Waals surface area contributed by atoms with Crippen molar-refractivity contribution in [3.63, 3.8) is 0 Å². The van der Waals surface area contributed by atoms with Crippen molar-refractivity contribution < 1.29 is 9.32 Å². The van der Waals surface area contributed by atoms with Gasteiger partial charge < -0.3 is 15.6 Å². The minimum atomic E-state index is -0.433. The molecule has 0 unspecified atom stereocenters. The van der Waals surface area contributed by atoms with E-state index in [0.717, 1.165) is 0 Å². The van der Waals surface area contributed by atoms with Crippen LogP contribution in [0.25, 0.3) is 0 Å². The Bertz CT molecular complexity index is 273. The zero-order chi connectivity index (χ0) is 10.4. The molecule has 1 heterocycles. The first kappa shape index (κ1) is 10.6.